The first-order valence-corrected chi connectivity index (χ1v) is 9.03. The fourth-order valence-corrected chi connectivity index (χ4v) is 3.58. The number of carbonyl (C=O) groups is 1. The average molecular weight is 367 g/mol. The highest BCUT2D eigenvalue weighted by atomic mass is 19.1. The van der Waals surface area contributed by atoms with Crippen LogP contribution in [-0.2, 0) is 11.3 Å². The Bertz CT molecular complexity index is 959. The smallest absolute Gasteiger partial charge is 0.239 e. The predicted molar refractivity (Wildman–Crippen MR) is 101 cm³/mol. The lowest BCUT2D eigenvalue weighted by Crippen LogP contribution is -2.41. The zero-order valence-corrected chi connectivity index (χ0v) is 15.4. The van der Waals surface area contributed by atoms with E-state index in [0.29, 0.717) is 18.1 Å². The third-order valence-electron chi connectivity index (χ3n) is 4.99. The molecule has 1 amide bonds. The Balaban J connectivity index is 1.48. The van der Waals surface area contributed by atoms with Crippen molar-refractivity contribution in [3.63, 3.8) is 0 Å². The zero-order valence-electron chi connectivity index (χ0n) is 15.4. The van der Waals surface area contributed by atoms with Gasteiger partial charge in [0.05, 0.1) is 17.9 Å². The molecule has 3 heterocycles. The van der Waals surface area contributed by atoms with Crippen molar-refractivity contribution >= 4 is 11.7 Å². The van der Waals surface area contributed by atoms with Gasteiger partial charge >= 0.3 is 0 Å². The molecule has 140 valence electrons. The minimum absolute atomic E-state index is 0.0925. The molecule has 0 fully saturated rings. The molecule has 0 saturated heterocycles. The Morgan fingerprint density at radius 3 is 2.81 bits per heavy atom. The Morgan fingerprint density at radius 2 is 2.04 bits per heavy atom. The van der Waals surface area contributed by atoms with Crippen molar-refractivity contribution in [1.82, 2.24) is 19.2 Å². The highest BCUT2D eigenvalue weighted by molar-refractivity contribution is 5.91. The van der Waals surface area contributed by atoms with Crippen LogP contribution < -0.4 is 5.32 Å². The van der Waals surface area contributed by atoms with E-state index in [1.165, 1.54) is 17.8 Å². The van der Waals surface area contributed by atoms with Crippen LogP contribution >= 0.6 is 0 Å². The van der Waals surface area contributed by atoms with E-state index in [0.717, 1.165) is 18.8 Å². The molecule has 3 aromatic rings. The Hall–Kier alpha value is -2.93. The van der Waals surface area contributed by atoms with Crippen molar-refractivity contribution in [3.05, 3.63) is 65.9 Å². The van der Waals surface area contributed by atoms with Crippen LogP contribution in [0.15, 0.2) is 48.7 Å². The number of benzene rings is 1. The largest absolute Gasteiger partial charge is 0.349 e. The summed E-state index contributed by atoms with van der Waals surface area (Å²) in [4.78, 5) is 14.8. The summed E-state index contributed by atoms with van der Waals surface area (Å²) >= 11 is 0. The van der Waals surface area contributed by atoms with Gasteiger partial charge in [0, 0.05) is 37.1 Å². The number of aryl methyl sites for hydroxylation is 1. The van der Waals surface area contributed by atoms with E-state index < -0.39 is 0 Å². The van der Waals surface area contributed by atoms with Gasteiger partial charge in [-0.05, 0) is 50.2 Å². The molecule has 6 nitrogen and oxygen atoms in total. The van der Waals surface area contributed by atoms with Crippen LogP contribution in [0.2, 0.25) is 0 Å². The fourth-order valence-electron chi connectivity index (χ4n) is 3.58. The normalized spacial score (nSPS) is 16.9. The molecule has 1 aromatic carbocycles. The highest BCUT2D eigenvalue weighted by Gasteiger charge is 2.25. The summed E-state index contributed by atoms with van der Waals surface area (Å²) in [5, 5.41) is 7.36. The fraction of sp³-hybridized carbons (Fsp3) is 0.300. The van der Waals surface area contributed by atoms with Gasteiger partial charge in [-0.25, -0.2) is 9.07 Å². The van der Waals surface area contributed by atoms with Gasteiger partial charge in [-0.1, -0.05) is 0 Å². The highest BCUT2D eigenvalue weighted by Crippen LogP contribution is 2.25. The number of fused-ring (bicyclic) bond motifs is 1. The SMILES string of the molecule is Cc1cc(NC(=O)CN2CCn3cccc3[C@H]2C)n(-c2ccc(F)cc2)n1. The molecule has 1 atom stereocenters. The van der Waals surface area contributed by atoms with E-state index >= 15 is 0 Å². The van der Waals surface area contributed by atoms with Crippen LogP contribution in [0.25, 0.3) is 5.69 Å². The number of halogens is 1. The molecule has 7 heteroatoms. The van der Waals surface area contributed by atoms with Gasteiger partial charge in [0.1, 0.15) is 11.6 Å². The number of anilines is 1. The Morgan fingerprint density at radius 1 is 1.26 bits per heavy atom. The van der Waals surface area contributed by atoms with Gasteiger partial charge in [0.2, 0.25) is 5.91 Å². The summed E-state index contributed by atoms with van der Waals surface area (Å²) in [6.07, 6.45) is 2.08. The molecular formula is C20H22FN5O. The topological polar surface area (TPSA) is 55.1 Å². The number of aromatic nitrogens is 3. The summed E-state index contributed by atoms with van der Waals surface area (Å²) in [6.45, 7) is 5.99. The molecule has 0 radical (unpaired) electrons. The van der Waals surface area contributed by atoms with Crippen molar-refractivity contribution in [2.45, 2.75) is 26.4 Å². The van der Waals surface area contributed by atoms with Crippen LogP contribution in [0.4, 0.5) is 10.2 Å². The average Bonchev–Trinajstić information content (AvgIpc) is 3.25. The minimum Gasteiger partial charge on any atom is -0.349 e. The van der Waals surface area contributed by atoms with Crippen LogP contribution in [0.3, 0.4) is 0 Å². The minimum atomic E-state index is -0.308. The van der Waals surface area contributed by atoms with E-state index in [9.17, 15) is 9.18 Å². The molecule has 0 saturated carbocycles. The van der Waals surface area contributed by atoms with Crippen molar-refractivity contribution < 1.29 is 9.18 Å². The lowest BCUT2D eigenvalue weighted by Gasteiger charge is -2.34. The molecule has 4 rings (SSSR count). The molecular weight excluding hydrogens is 345 g/mol. The lowest BCUT2D eigenvalue weighted by molar-refractivity contribution is -0.118. The van der Waals surface area contributed by atoms with Crippen molar-refractivity contribution in [2.24, 2.45) is 0 Å². The first-order chi connectivity index (χ1) is 13.0. The van der Waals surface area contributed by atoms with Gasteiger partial charge in [0.25, 0.3) is 0 Å². The van der Waals surface area contributed by atoms with E-state index in [4.69, 9.17) is 0 Å². The molecule has 1 aliphatic heterocycles. The summed E-state index contributed by atoms with van der Waals surface area (Å²) in [7, 11) is 0. The molecule has 27 heavy (non-hydrogen) atoms. The van der Waals surface area contributed by atoms with Crippen LogP contribution in [0, 0.1) is 12.7 Å². The zero-order chi connectivity index (χ0) is 19.0. The lowest BCUT2D eigenvalue weighted by atomic mass is 10.1. The maximum atomic E-state index is 13.2. The van der Waals surface area contributed by atoms with E-state index in [1.807, 2.05) is 19.1 Å². The molecule has 0 spiro atoms. The van der Waals surface area contributed by atoms with Gasteiger partial charge in [-0.3, -0.25) is 9.69 Å². The van der Waals surface area contributed by atoms with Gasteiger partial charge < -0.3 is 9.88 Å². The standard InChI is InChI=1S/C20H22FN5O/c1-14-12-19(26(23-14)17-7-5-16(21)6-8-17)22-20(27)13-25-11-10-24-9-3-4-18(24)15(25)2/h3-9,12,15H,10-11,13H2,1-2H3,(H,22,27)/t15-/m1/s1. The number of nitrogens with one attached hydrogen (secondary N) is 1. The van der Waals surface area contributed by atoms with Crippen molar-refractivity contribution in [3.8, 4) is 5.69 Å². The van der Waals surface area contributed by atoms with Crippen molar-refractivity contribution in [2.75, 3.05) is 18.4 Å². The number of nitrogens with zero attached hydrogens (tertiary/aromatic N) is 4. The molecule has 0 aliphatic carbocycles. The summed E-state index contributed by atoms with van der Waals surface area (Å²) in [5.41, 5.74) is 2.70. The van der Waals surface area contributed by atoms with Gasteiger partial charge in [-0.15, -0.1) is 0 Å². The second-order valence-corrected chi connectivity index (χ2v) is 6.88. The quantitative estimate of drug-likeness (QED) is 0.771. The van der Waals surface area contributed by atoms with Gasteiger partial charge in [0.15, 0.2) is 0 Å². The Labute approximate surface area is 157 Å². The second-order valence-electron chi connectivity index (χ2n) is 6.88. The maximum absolute atomic E-state index is 13.2. The van der Waals surface area contributed by atoms with Crippen molar-refractivity contribution in [1.29, 1.82) is 0 Å². The first kappa shape index (κ1) is 17.5. The third kappa shape index (κ3) is 3.50. The molecule has 0 bridgehead atoms. The molecule has 0 unspecified atom stereocenters. The summed E-state index contributed by atoms with van der Waals surface area (Å²) in [6, 6.07) is 12.2. The first-order valence-electron chi connectivity index (χ1n) is 9.03. The third-order valence-corrected chi connectivity index (χ3v) is 4.99. The number of carbonyl (C=O) groups excluding carboxylic acids is 1. The summed E-state index contributed by atoms with van der Waals surface area (Å²) in [5.74, 6) is 0.180. The second kappa shape index (κ2) is 7.00. The van der Waals surface area contributed by atoms with Crippen LogP contribution in [0.1, 0.15) is 24.4 Å². The Kier molecular flexibility index (Phi) is 4.53. The summed E-state index contributed by atoms with van der Waals surface area (Å²) < 4.78 is 17.0. The molecule has 1 aliphatic rings. The van der Waals surface area contributed by atoms with Crippen LogP contribution in [0.5, 0.6) is 0 Å². The van der Waals surface area contributed by atoms with E-state index in [1.54, 1.807) is 16.8 Å². The van der Waals surface area contributed by atoms with Crippen LogP contribution in [-0.4, -0.2) is 38.2 Å². The maximum Gasteiger partial charge on any atom is 0.239 e. The number of hydrogen-bond donors (Lipinski definition) is 1. The molecule has 2 aromatic heterocycles. The predicted octanol–water partition coefficient (Wildman–Crippen LogP) is 3.14. The monoisotopic (exact) mass is 367 g/mol. The number of hydrogen-bond acceptors (Lipinski definition) is 3. The number of amides is 1. The van der Waals surface area contributed by atoms with E-state index in [2.05, 4.69) is 39.1 Å². The van der Waals surface area contributed by atoms with Gasteiger partial charge in [-0.2, -0.15) is 5.10 Å². The van der Waals surface area contributed by atoms with E-state index in [-0.39, 0.29) is 17.8 Å². The number of rotatable bonds is 4. The molecule has 1 N–H and O–H groups in total.